The summed E-state index contributed by atoms with van der Waals surface area (Å²) in [6.45, 7) is 1.94. The number of carbonyl (C=O) groups is 2. The molecule has 0 aromatic heterocycles. The van der Waals surface area contributed by atoms with Gasteiger partial charge in [-0.25, -0.2) is 4.79 Å². The first-order valence-electron chi connectivity index (χ1n) is 9.15. The van der Waals surface area contributed by atoms with Crippen molar-refractivity contribution in [2.75, 3.05) is 7.11 Å². The van der Waals surface area contributed by atoms with E-state index in [4.69, 9.17) is 14.2 Å². The van der Waals surface area contributed by atoms with Crippen molar-refractivity contribution in [1.29, 1.82) is 0 Å². The number of esters is 1. The number of ether oxygens (including phenoxy) is 3. The van der Waals surface area contributed by atoms with Crippen molar-refractivity contribution < 1.29 is 23.8 Å². The van der Waals surface area contributed by atoms with Crippen LogP contribution in [0, 0.1) is 6.92 Å². The predicted molar refractivity (Wildman–Crippen MR) is 116 cm³/mol. The molecule has 30 heavy (non-hydrogen) atoms. The number of allylic oxidation sites excluding steroid dienone is 1. The smallest absolute Gasteiger partial charge is 0.343 e. The molecular formula is C24H17BrO5. The van der Waals surface area contributed by atoms with Gasteiger partial charge in [0.2, 0.25) is 5.78 Å². The van der Waals surface area contributed by atoms with Gasteiger partial charge in [-0.15, -0.1) is 0 Å². The minimum atomic E-state index is -0.478. The number of hydrogen-bond acceptors (Lipinski definition) is 5. The van der Waals surface area contributed by atoms with Crippen LogP contribution in [0.25, 0.3) is 6.08 Å². The van der Waals surface area contributed by atoms with Crippen LogP contribution in [0.2, 0.25) is 0 Å². The third-order valence-corrected chi connectivity index (χ3v) is 5.11. The fraction of sp³-hybridized carbons (Fsp3) is 0.0833. The molecule has 3 aromatic rings. The third-order valence-electron chi connectivity index (χ3n) is 4.62. The van der Waals surface area contributed by atoms with Gasteiger partial charge in [0, 0.05) is 16.1 Å². The van der Waals surface area contributed by atoms with Gasteiger partial charge in [-0.1, -0.05) is 33.6 Å². The van der Waals surface area contributed by atoms with Gasteiger partial charge in [0.25, 0.3) is 0 Å². The van der Waals surface area contributed by atoms with Crippen LogP contribution in [0.15, 0.2) is 70.9 Å². The van der Waals surface area contributed by atoms with Gasteiger partial charge in [-0.3, -0.25) is 4.79 Å². The minimum Gasteiger partial charge on any atom is -0.496 e. The van der Waals surface area contributed by atoms with Crippen LogP contribution in [0.4, 0.5) is 0 Å². The van der Waals surface area contributed by atoms with Crippen LogP contribution in [-0.2, 0) is 0 Å². The molecule has 0 aliphatic carbocycles. The molecule has 4 rings (SSSR count). The molecule has 0 amide bonds. The average Bonchev–Trinajstić information content (AvgIpc) is 3.03. The Morgan fingerprint density at radius 2 is 1.80 bits per heavy atom. The van der Waals surface area contributed by atoms with Crippen LogP contribution in [0.1, 0.15) is 31.8 Å². The molecule has 0 unspecified atom stereocenters. The van der Waals surface area contributed by atoms with E-state index in [1.807, 2.05) is 31.2 Å². The van der Waals surface area contributed by atoms with Gasteiger partial charge < -0.3 is 14.2 Å². The lowest BCUT2D eigenvalue weighted by Gasteiger charge is -2.07. The number of carbonyl (C=O) groups excluding carboxylic acids is 2. The molecule has 0 spiro atoms. The number of Topliss-reactive ketones (excluding diaryl/α,β-unsaturated/α-hetero) is 1. The highest BCUT2D eigenvalue weighted by Crippen LogP contribution is 2.36. The van der Waals surface area contributed by atoms with Crippen molar-refractivity contribution in [1.82, 2.24) is 0 Å². The number of rotatable bonds is 4. The van der Waals surface area contributed by atoms with Crippen molar-refractivity contribution in [3.05, 3.63) is 93.1 Å². The summed E-state index contributed by atoms with van der Waals surface area (Å²) in [5.74, 6) is 0.703. The molecule has 6 heteroatoms. The van der Waals surface area contributed by atoms with Gasteiger partial charge in [-0.2, -0.15) is 0 Å². The SMILES string of the molecule is COc1ccc(Br)cc1C=C1Oc2cc(OC(=O)c3ccc(C)cc3)ccc2C1=O. The van der Waals surface area contributed by atoms with E-state index in [9.17, 15) is 9.59 Å². The number of benzene rings is 3. The van der Waals surface area contributed by atoms with Gasteiger partial charge >= 0.3 is 5.97 Å². The van der Waals surface area contributed by atoms with Crippen LogP contribution in [0.5, 0.6) is 17.2 Å². The molecule has 0 radical (unpaired) electrons. The lowest BCUT2D eigenvalue weighted by molar-refractivity contribution is 0.0734. The zero-order valence-electron chi connectivity index (χ0n) is 16.3. The van der Waals surface area contributed by atoms with Gasteiger partial charge in [0.1, 0.15) is 17.2 Å². The zero-order valence-corrected chi connectivity index (χ0v) is 17.9. The number of hydrogen-bond donors (Lipinski definition) is 0. The second kappa shape index (κ2) is 8.16. The summed E-state index contributed by atoms with van der Waals surface area (Å²) >= 11 is 3.41. The second-order valence-electron chi connectivity index (χ2n) is 6.74. The first-order chi connectivity index (χ1) is 14.4. The Hall–Kier alpha value is -3.38. The molecule has 1 aliphatic rings. The van der Waals surface area contributed by atoms with E-state index in [1.54, 1.807) is 43.5 Å². The van der Waals surface area contributed by atoms with Crippen molar-refractivity contribution in [3.8, 4) is 17.2 Å². The molecule has 0 saturated carbocycles. The molecule has 0 atom stereocenters. The van der Waals surface area contributed by atoms with E-state index in [2.05, 4.69) is 15.9 Å². The Morgan fingerprint density at radius 3 is 2.53 bits per heavy atom. The van der Waals surface area contributed by atoms with Gasteiger partial charge in [-0.05, 0) is 55.5 Å². The number of ketones is 1. The maximum atomic E-state index is 12.7. The summed E-state index contributed by atoms with van der Waals surface area (Å²) in [4.78, 5) is 25.1. The van der Waals surface area contributed by atoms with E-state index in [-0.39, 0.29) is 11.5 Å². The Balaban J connectivity index is 1.58. The highest BCUT2D eigenvalue weighted by molar-refractivity contribution is 9.10. The molecule has 0 saturated heterocycles. The summed E-state index contributed by atoms with van der Waals surface area (Å²) in [7, 11) is 1.56. The normalized spacial score (nSPS) is 13.7. The first kappa shape index (κ1) is 19.9. The second-order valence-corrected chi connectivity index (χ2v) is 7.66. The maximum Gasteiger partial charge on any atom is 0.343 e. The largest absolute Gasteiger partial charge is 0.496 e. The molecular weight excluding hydrogens is 448 g/mol. The molecule has 1 aliphatic heterocycles. The highest BCUT2D eigenvalue weighted by Gasteiger charge is 2.28. The fourth-order valence-electron chi connectivity index (χ4n) is 3.05. The lowest BCUT2D eigenvalue weighted by Crippen LogP contribution is -2.08. The van der Waals surface area contributed by atoms with Crippen molar-refractivity contribution in [3.63, 3.8) is 0 Å². The molecule has 3 aromatic carbocycles. The Kier molecular flexibility index (Phi) is 5.42. The number of methoxy groups -OCH3 is 1. The lowest BCUT2D eigenvalue weighted by atomic mass is 10.1. The molecule has 0 fully saturated rings. The van der Waals surface area contributed by atoms with Gasteiger partial charge in [0.15, 0.2) is 5.76 Å². The number of fused-ring (bicyclic) bond motifs is 1. The average molecular weight is 465 g/mol. The number of aryl methyl sites for hydroxylation is 1. The van der Waals surface area contributed by atoms with Gasteiger partial charge in [0.05, 0.1) is 18.2 Å². The summed E-state index contributed by atoms with van der Waals surface area (Å²) in [5, 5.41) is 0. The summed E-state index contributed by atoms with van der Waals surface area (Å²) in [6, 6.07) is 17.3. The van der Waals surface area contributed by atoms with E-state index in [1.165, 1.54) is 6.07 Å². The maximum absolute atomic E-state index is 12.7. The molecule has 0 bridgehead atoms. The quantitative estimate of drug-likeness (QED) is 0.285. The predicted octanol–water partition coefficient (Wildman–Crippen LogP) is 5.60. The Labute approximate surface area is 182 Å². The summed E-state index contributed by atoms with van der Waals surface area (Å²) in [6.07, 6.45) is 1.63. The highest BCUT2D eigenvalue weighted by atomic mass is 79.9. The molecule has 150 valence electrons. The van der Waals surface area contributed by atoms with E-state index in [0.29, 0.717) is 33.9 Å². The number of halogens is 1. The van der Waals surface area contributed by atoms with Crippen LogP contribution in [-0.4, -0.2) is 18.9 Å². The first-order valence-corrected chi connectivity index (χ1v) is 9.94. The summed E-state index contributed by atoms with van der Waals surface area (Å²) in [5.41, 5.74) is 2.61. The molecule has 1 heterocycles. The Bertz CT molecular complexity index is 1180. The molecule has 5 nitrogen and oxygen atoms in total. The minimum absolute atomic E-state index is 0.170. The topological polar surface area (TPSA) is 61.8 Å². The van der Waals surface area contributed by atoms with E-state index in [0.717, 1.165) is 10.0 Å². The summed E-state index contributed by atoms with van der Waals surface area (Å²) < 4.78 is 17.4. The van der Waals surface area contributed by atoms with Crippen molar-refractivity contribution in [2.45, 2.75) is 6.92 Å². The van der Waals surface area contributed by atoms with Crippen LogP contribution in [0.3, 0.4) is 0 Å². The van der Waals surface area contributed by atoms with E-state index >= 15 is 0 Å². The zero-order chi connectivity index (χ0) is 21.3. The molecule has 0 N–H and O–H groups in total. The monoisotopic (exact) mass is 464 g/mol. The standard InChI is InChI=1S/C24H17BrO5/c1-14-3-5-15(6-4-14)24(27)29-18-8-9-19-21(13-18)30-22(23(19)26)12-16-11-17(25)7-10-20(16)28-2/h3-13H,1-2H3. The third kappa shape index (κ3) is 4.00. The van der Waals surface area contributed by atoms with Crippen molar-refractivity contribution in [2.24, 2.45) is 0 Å². The van der Waals surface area contributed by atoms with Crippen LogP contribution >= 0.6 is 15.9 Å². The Morgan fingerprint density at radius 1 is 1.03 bits per heavy atom. The van der Waals surface area contributed by atoms with Crippen molar-refractivity contribution >= 4 is 33.8 Å². The van der Waals surface area contributed by atoms with E-state index < -0.39 is 5.97 Å². The van der Waals surface area contributed by atoms with Crippen LogP contribution < -0.4 is 14.2 Å². The fourth-order valence-corrected chi connectivity index (χ4v) is 3.42.